The maximum absolute atomic E-state index is 12.4. The Balaban J connectivity index is 1.85. The Kier molecular flexibility index (Phi) is 6.57. The summed E-state index contributed by atoms with van der Waals surface area (Å²) in [4.78, 5) is 14.2. The van der Waals surface area contributed by atoms with Gasteiger partial charge < -0.3 is 14.4 Å². The van der Waals surface area contributed by atoms with Crippen LogP contribution < -0.4 is 0 Å². The van der Waals surface area contributed by atoms with Gasteiger partial charge in [0.15, 0.2) is 0 Å². The second-order valence-electron chi connectivity index (χ2n) is 6.07. The van der Waals surface area contributed by atoms with Gasteiger partial charge in [-0.3, -0.25) is 4.79 Å². The summed E-state index contributed by atoms with van der Waals surface area (Å²) in [7, 11) is 0. The van der Waals surface area contributed by atoms with E-state index in [1.54, 1.807) is 17.0 Å². The van der Waals surface area contributed by atoms with E-state index in [4.69, 9.17) is 14.7 Å². The number of carbonyl (C=O) groups excluding carboxylic acids is 1. The molecule has 0 radical (unpaired) electrons. The van der Waals surface area contributed by atoms with E-state index in [0.29, 0.717) is 18.7 Å². The van der Waals surface area contributed by atoms with Gasteiger partial charge in [0.05, 0.1) is 24.3 Å². The summed E-state index contributed by atoms with van der Waals surface area (Å²) < 4.78 is 11.0. The smallest absolute Gasteiger partial charge is 0.249 e. The second kappa shape index (κ2) is 8.66. The molecule has 1 saturated heterocycles. The molecule has 0 spiro atoms. The van der Waals surface area contributed by atoms with Gasteiger partial charge in [0.25, 0.3) is 0 Å². The van der Waals surface area contributed by atoms with E-state index < -0.39 is 0 Å². The molecule has 1 aromatic rings. The molecular weight excluding hydrogens is 292 g/mol. The molecule has 0 N–H and O–H groups in total. The van der Waals surface area contributed by atoms with Gasteiger partial charge in [0.2, 0.25) is 5.91 Å². The van der Waals surface area contributed by atoms with Crippen molar-refractivity contribution in [3.63, 3.8) is 0 Å². The monoisotopic (exact) mass is 316 g/mol. The summed E-state index contributed by atoms with van der Waals surface area (Å²) in [5.74, 6) is -0.0256. The Bertz CT molecular complexity index is 542. The molecule has 0 unspecified atom stereocenters. The topological polar surface area (TPSA) is 62.6 Å². The van der Waals surface area contributed by atoms with Crippen LogP contribution in [0.25, 0.3) is 0 Å². The fourth-order valence-corrected chi connectivity index (χ4v) is 2.58. The molecule has 5 nitrogen and oxygen atoms in total. The fourth-order valence-electron chi connectivity index (χ4n) is 2.58. The molecular formula is C18H24N2O3. The van der Waals surface area contributed by atoms with Crippen molar-refractivity contribution in [3.8, 4) is 6.07 Å². The molecule has 1 aliphatic rings. The predicted octanol–water partition coefficient (Wildman–Crippen LogP) is 2.49. The van der Waals surface area contributed by atoms with Crippen molar-refractivity contribution in [2.45, 2.75) is 45.4 Å². The highest BCUT2D eigenvalue weighted by atomic mass is 16.5. The number of rotatable bonds is 7. The summed E-state index contributed by atoms with van der Waals surface area (Å²) in [6, 6.07) is 9.49. The SMILES string of the molecule is CC(C)N(Cc1ccc(C#N)cc1)C(=O)COC[C@@H]1CCCO1. The third kappa shape index (κ3) is 5.34. The van der Waals surface area contributed by atoms with Gasteiger partial charge in [-0.2, -0.15) is 5.26 Å². The van der Waals surface area contributed by atoms with Gasteiger partial charge in [0, 0.05) is 19.2 Å². The zero-order valence-electron chi connectivity index (χ0n) is 13.8. The van der Waals surface area contributed by atoms with Crippen molar-refractivity contribution in [1.82, 2.24) is 4.90 Å². The van der Waals surface area contributed by atoms with Crippen LogP contribution in [0.5, 0.6) is 0 Å². The lowest BCUT2D eigenvalue weighted by Crippen LogP contribution is -2.39. The lowest BCUT2D eigenvalue weighted by atomic mass is 10.1. The van der Waals surface area contributed by atoms with Gasteiger partial charge in [-0.1, -0.05) is 12.1 Å². The van der Waals surface area contributed by atoms with E-state index >= 15 is 0 Å². The van der Waals surface area contributed by atoms with Crippen LogP contribution in [-0.2, 0) is 20.8 Å². The zero-order valence-corrected chi connectivity index (χ0v) is 13.8. The summed E-state index contributed by atoms with van der Waals surface area (Å²) in [5.41, 5.74) is 1.63. The molecule has 1 atom stereocenters. The molecule has 1 heterocycles. The second-order valence-corrected chi connectivity index (χ2v) is 6.07. The minimum atomic E-state index is -0.0256. The highest BCUT2D eigenvalue weighted by Gasteiger charge is 2.20. The minimum Gasteiger partial charge on any atom is -0.376 e. The van der Waals surface area contributed by atoms with Crippen molar-refractivity contribution < 1.29 is 14.3 Å². The Labute approximate surface area is 137 Å². The summed E-state index contributed by atoms with van der Waals surface area (Å²) in [5, 5.41) is 8.83. The van der Waals surface area contributed by atoms with E-state index in [0.717, 1.165) is 25.0 Å². The van der Waals surface area contributed by atoms with E-state index in [1.807, 2.05) is 26.0 Å². The van der Waals surface area contributed by atoms with Crippen LogP contribution in [0.4, 0.5) is 0 Å². The lowest BCUT2D eigenvalue weighted by Gasteiger charge is -2.27. The molecule has 0 aromatic heterocycles. The van der Waals surface area contributed by atoms with Crippen LogP contribution in [0.1, 0.15) is 37.8 Å². The first-order valence-electron chi connectivity index (χ1n) is 8.08. The number of carbonyl (C=O) groups is 1. The Hall–Kier alpha value is -1.90. The quantitative estimate of drug-likeness (QED) is 0.775. The first-order chi connectivity index (χ1) is 11.1. The number of benzene rings is 1. The number of nitriles is 1. The van der Waals surface area contributed by atoms with Gasteiger partial charge >= 0.3 is 0 Å². The first-order valence-corrected chi connectivity index (χ1v) is 8.08. The first kappa shape index (κ1) is 17.5. The van der Waals surface area contributed by atoms with Crippen LogP contribution in [-0.4, -0.2) is 42.8 Å². The minimum absolute atomic E-state index is 0.0256. The lowest BCUT2D eigenvalue weighted by molar-refractivity contribution is -0.139. The number of amides is 1. The number of hydrogen-bond donors (Lipinski definition) is 0. The normalized spacial score (nSPS) is 17.2. The molecule has 1 aromatic carbocycles. The Morgan fingerprint density at radius 2 is 2.17 bits per heavy atom. The van der Waals surface area contributed by atoms with Crippen molar-refractivity contribution in [2.24, 2.45) is 0 Å². The maximum atomic E-state index is 12.4. The van der Waals surface area contributed by atoms with Gasteiger partial charge in [-0.25, -0.2) is 0 Å². The number of nitrogens with zero attached hydrogens (tertiary/aromatic N) is 2. The van der Waals surface area contributed by atoms with Crippen LogP contribution in [0.2, 0.25) is 0 Å². The standard InChI is InChI=1S/C18H24N2O3/c1-14(2)20(11-16-7-5-15(10-19)6-8-16)18(21)13-22-12-17-4-3-9-23-17/h5-8,14,17H,3-4,9,11-13H2,1-2H3/t17-/m0/s1. The number of ether oxygens (including phenoxy) is 2. The third-order valence-corrected chi connectivity index (χ3v) is 3.93. The summed E-state index contributed by atoms with van der Waals surface area (Å²) in [6.45, 7) is 5.84. The summed E-state index contributed by atoms with van der Waals surface area (Å²) >= 11 is 0. The van der Waals surface area contributed by atoms with Crippen LogP contribution in [0.3, 0.4) is 0 Å². The van der Waals surface area contributed by atoms with E-state index in [2.05, 4.69) is 6.07 Å². The molecule has 1 amide bonds. The van der Waals surface area contributed by atoms with Crippen LogP contribution in [0.15, 0.2) is 24.3 Å². The molecule has 0 aliphatic carbocycles. The van der Waals surface area contributed by atoms with Gasteiger partial charge in [-0.15, -0.1) is 0 Å². The maximum Gasteiger partial charge on any atom is 0.249 e. The van der Waals surface area contributed by atoms with E-state index in [1.165, 1.54) is 0 Å². The van der Waals surface area contributed by atoms with Crippen LogP contribution >= 0.6 is 0 Å². The van der Waals surface area contributed by atoms with Gasteiger partial charge in [0.1, 0.15) is 6.61 Å². The van der Waals surface area contributed by atoms with Crippen molar-refractivity contribution in [2.75, 3.05) is 19.8 Å². The molecule has 0 saturated carbocycles. The van der Waals surface area contributed by atoms with Gasteiger partial charge in [-0.05, 0) is 44.4 Å². The average Bonchev–Trinajstić information content (AvgIpc) is 3.06. The van der Waals surface area contributed by atoms with Crippen molar-refractivity contribution >= 4 is 5.91 Å². The summed E-state index contributed by atoms with van der Waals surface area (Å²) in [6.07, 6.45) is 2.21. The molecule has 23 heavy (non-hydrogen) atoms. The Morgan fingerprint density at radius 1 is 1.43 bits per heavy atom. The molecule has 1 fully saturated rings. The van der Waals surface area contributed by atoms with Crippen molar-refractivity contribution in [1.29, 1.82) is 5.26 Å². The van der Waals surface area contributed by atoms with E-state index in [-0.39, 0.29) is 24.7 Å². The molecule has 1 aliphatic heterocycles. The molecule has 2 rings (SSSR count). The largest absolute Gasteiger partial charge is 0.376 e. The van der Waals surface area contributed by atoms with Crippen LogP contribution in [0, 0.1) is 11.3 Å². The predicted molar refractivity (Wildman–Crippen MR) is 86.6 cm³/mol. The molecule has 0 bridgehead atoms. The molecule has 124 valence electrons. The highest BCUT2D eigenvalue weighted by molar-refractivity contribution is 5.77. The van der Waals surface area contributed by atoms with Crippen molar-refractivity contribution in [3.05, 3.63) is 35.4 Å². The Morgan fingerprint density at radius 3 is 2.74 bits per heavy atom. The third-order valence-electron chi connectivity index (χ3n) is 3.93. The highest BCUT2D eigenvalue weighted by Crippen LogP contribution is 2.13. The average molecular weight is 316 g/mol. The zero-order chi connectivity index (χ0) is 16.7. The molecule has 5 heteroatoms. The number of hydrogen-bond acceptors (Lipinski definition) is 4. The van der Waals surface area contributed by atoms with E-state index in [9.17, 15) is 4.79 Å². The fraction of sp³-hybridized carbons (Fsp3) is 0.556.